The number of ether oxygens (including phenoxy) is 1. The molecule has 0 amide bonds. The van der Waals surface area contributed by atoms with Crippen molar-refractivity contribution >= 4 is 5.65 Å². The number of fused-ring (bicyclic) bond motifs is 1. The van der Waals surface area contributed by atoms with Crippen LogP contribution in [0, 0.1) is 12.7 Å². The van der Waals surface area contributed by atoms with Crippen LogP contribution in [0.4, 0.5) is 17.6 Å². The van der Waals surface area contributed by atoms with Crippen molar-refractivity contribution < 1.29 is 22.3 Å². The van der Waals surface area contributed by atoms with Crippen LogP contribution >= 0.6 is 0 Å². The van der Waals surface area contributed by atoms with E-state index in [1.165, 1.54) is 17.7 Å². The number of aromatic nitrogens is 5. The van der Waals surface area contributed by atoms with Gasteiger partial charge in [-0.15, -0.1) is 5.10 Å². The topological polar surface area (TPSA) is 57.2 Å². The Hall–Kier alpha value is -3.43. The van der Waals surface area contributed by atoms with Crippen LogP contribution in [0.15, 0.2) is 42.7 Å². The van der Waals surface area contributed by atoms with E-state index in [9.17, 15) is 17.6 Å². The second-order valence-corrected chi connectivity index (χ2v) is 6.43. The van der Waals surface area contributed by atoms with E-state index in [1.54, 1.807) is 43.5 Å². The summed E-state index contributed by atoms with van der Waals surface area (Å²) in [7, 11) is 1.52. The fraction of sp³-hybridized carbons (Fsp3) is 0.211. The Balaban J connectivity index is 1.81. The Morgan fingerprint density at radius 2 is 1.79 bits per heavy atom. The largest absolute Gasteiger partial charge is 0.497 e. The predicted octanol–water partition coefficient (Wildman–Crippen LogP) is 4.12. The van der Waals surface area contributed by atoms with Gasteiger partial charge in [0, 0.05) is 12.4 Å². The first-order valence-electron chi connectivity index (χ1n) is 8.55. The Kier molecular flexibility index (Phi) is 4.48. The van der Waals surface area contributed by atoms with Gasteiger partial charge in [0.05, 0.1) is 13.7 Å². The van der Waals surface area contributed by atoms with E-state index in [1.807, 2.05) is 0 Å². The maximum atomic E-state index is 14.3. The lowest BCUT2D eigenvalue weighted by molar-refractivity contribution is -0.144. The van der Waals surface area contributed by atoms with E-state index in [2.05, 4.69) is 15.1 Å². The zero-order chi connectivity index (χ0) is 20.8. The molecule has 0 bridgehead atoms. The standard InChI is InChI=1S/C19H15F4N5O/c1-11-7-8-27-10-14(24-17(27)15(11)20)16-25-18(19(21,22)23)26-28(16)9-12-3-5-13(29-2)6-4-12/h3-8,10H,9H2,1-2H3. The number of hydrogen-bond donors (Lipinski definition) is 0. The van der Waals surface area contributed by atoms with Crippen molar-refractivity contribution in [2.75, 3.05) is 7.11 Å². The lowest BCUT2D eigenvalue weighted by Gasteiger charge is -2.06. The number of hydrogen-bond acceptors (Lipinski definition) is 4. The number of methoxy groups -OCH3 is 1. The van der Waals surface area contributed by atoms with E-state index >= 15 is 0 Å². The van der Waals surface area contributed by atoms with Gasteiger partial charge in [-0.1, -0.05) is 12.1 Å². The number of aryl methyl sites for hydroxylation is 1. The minimum atomic E-state index is -4.72. The van der Waals surface area contributed by atoms with Gasteiger partial charge in [-0.3, -0.25) is 0 Å². The van der Waals surface area contributed by atoms with Gasteiger partial charge in [-0.2, -0.15) is 13.2 Å². The van der Waals surface area contributed by atoms with Crippen LogP contribution in [0.2, 0.25) is 0 Å². The molecule has 0 aliphatic rings. The fourth-order valence-corrected chi connectivity index (χ4v) is 2.88. The monoisotopic (exact) mass is 405 g/mol. The molecule has 29 heavy (non-hydrogen) atoms. The molecule has 0 spiro atoms. The van der Waals surface area contributed by atoms with Crippen molar-refractivity contribution in [3.63, 3.8) is 0 Å². The number of rotatable bonds is 4. The zero-order valence-corrected chi connectivity index (χ0v) is 15.4. The smallest absolute Gasteiger partial charge is 0.453 e. The maximum Gasteiger partial charge on any atom is 0.453 e. The predicted molar refractivity (Wildman–Crippen MR) is 96.0 cm³/mol. The molecule has 0 saturated carbocycles. The minimum absolute atomic E-state index is 0.00700. The highest BCUT2D eigenvalue weighted by Crippen LogP contribution is 2.29. The first-order valence-corrected chi connectivity index (χ1v) is 8.55. The summed E-state index contributed by atoms with van der Waals surface area (Å²) in [5.74, 6) is -1.31. The quantitative estimate of drug-likeness (QED) is 0.480. The van der Waals surface area contributed by atoms with Gasteiger partial charge < -0.3 is 9.14 Å². The van der Waals surface area contributed by atoms with Gasteiger partial charge in [0.2, 0.25) is 0 Å². The average Bonchev–Trinajstić information content (AvgIpc) is 3.30. The summed E-state index contributed by atoms with van der Waals surface area (Å²) >= 11 is 0. The first-order chi connectivity index (χ1) is 13.8. The molecule has 0 N–H and O–H groups in total. The highest BCUT2D eigenvalue weighted by molar-refractivity contribution is 5.57. The van der Waals surface area contributed by atoms with Crippen molar-refractivity contribution in [1.82, 2.24) is 24.1 Å². The van der Waals surface area contributed by atoms with Crippen LogP contribution in [0.5, 0.6) is 5.75 Å². The molecule has 10 heteroatoms. The van der Waals surface area contributed by atoms with E-state index in [0.29, 0.717) is 16.9 Å². The van der Waals surface area contributed by atoms with E-state index in [-0.39, 0.29) is 23.7 Å². The van der Waals surface area contributed by atoms with Crippen molar-refractivity contribution in [2.45, 2.75) is 19.6 Å². The molecule has 6 nitrogen and oxygen atoms in total. The average molecular weight is 405 g/mol. The third-order valence-electron chi connectivity index (χ3n) is 4.41. The summed E-state index contributed by atoms with van der Waals surface area (Å²) in [6.07, 6.45) is -1.72. The number of imidazole rings is 1. The Morgan fingerprint density at radius 3 is 2.45 bits per heavy atom. The molecule has 0 unspecified atom stereocenters. The molecular weight excluding hydrogens is 390 g/mol. The fourth-order valence-electron chi connectivity index (χ4n) is 2.88. The normalized spacial score (nSPS) is 11.9. The van der Waals surface area contributed by atoms with Crippen LogP contribution in [0.3, 0.4) is 0 Å². The molecule has 0 atom stereocenters. The highest BCUT2D eigenvalue weighted by Gasteiger charge is 2.37. The van der Waals surface area contributed by atoms with Crippen molar-refractivity contribution in [3.8, 4) is 17.3 Å². The van der Waals surface area contributed by atoms with Gasteiger partial charge in [-0.05, 0) is 36.2 Å². The second-order valence-electron chi connectivity index (χ2n) is 6.43. The molecular formula is C19H15F4N5O. The van der Waals surface area contributed by atoms with Crippen molar-refractivity contribution in [2.24, 2.45) is 0 Å². The third kappa shape index (κ3) is 3.53. The Labute approximate surface area is 162 Å². The van der Waals surface area contributed by atoms with E-state index in [4.69, 9.17) is 4.74 Å². The lowest BCUT2D eigenvalue weighted by atomic mass is 10.2. The number of halogens is 4. The lowest BCUT2D eigenvalue weighted by Crippen LogP contribution is -2.09. The molecule has 3 aromatic heterocycles. The van der Waals surface area contributed by atoms with Gasteiger partial charge in [0.1, 0.15) is 11.4 Å². The summed E-state index contributed by atoms with van der Waals surface area (Å²) < 4.78 is 61.6. The number of benzene rings is 1. The van der Waals surface area contributed by atoms with Crippen LogP contribution in [-0.2, 0) is 12.7 Å². The molecule has 0 aliphatic carbocycles. The minimum Gasteiger partial charge on any atom is -0.497 e. The van der Waals surface area contributed by atoms with E-state index < -0.39 is 17.8 Å². The van der Waals surface area contributed by atoms with Crippen molar-refractivity contribution in [3.05, 3.63) is 65.5 Å². The molecule has 0 saturated heterocycles. The number of pyridine rings is 1. The SMILES string of the molecule is COc1ccc(Cn2nc(C(F)(F)F)nc2-c2cn3ccc(C)c(F)c3n2)cc1. The van der Waals surface area contributed by atoms with Crippen molar-refractivity contribution in [1.29, 1.82) is 0 Å². The summed E-state index contributed by atoms with van der Waals surface area (Å²) in [6.45, 7) is 1.61. The van der Waals surface area contributed by atoms with Gasteiger partial charge >= 0.3 is 6.18 Å². The van der Waals surface area contributed by atoms with E-state index in [0.717, 1.165) is 4.68 Å². The highest BCUT2D eigenvalue weighted by atomic mass is 19.4. The summed E-state index contributed by atoms with van der Waals surface area (Å²) in [6, 6.07) is 8.37. The summed E-state index contributed by atoms with van der Waals surface area (Å²) in [5, 5.41) is 3.61. The van der Waals surface area contributed by atoms with Gasteiger partial charge in [0.25, 0.3) is 5.82 Å². The van der Waals surface area contributed by atoms with Crippen LogP contribution in [-0.4, -0.2) is 31.3 Å². The molecule has 4 rings (SSSR count). The molecule has 150 valence electrons. The molecule has 3 heterocycles. The molecule has 0 fully saturated rings. The second kappa shape index (κ2) is 6.87. The third-order valence-corrected chi connectivity index (χ3v) is 4.41. The Bertz CT molecular complexity index is 1180. The number of alkyl halides is 3. The first kappa shape index (κ1) is 18.9. The molecule has 0 aliphatic heterocycles. The molecule has 0 radical (unpaired) electrons. The Morgan fingerprint density at radius 1 is 1.07 bits per heavy atom. The van der Waals surface area contributed by atoms with Gasteiger partial charge in [-0.25, -0.2) is 19.0 Å². The van der Waals surface area contributed by atoms with Crippen LogP contribution < -0.4 is 4.74 Å². The summed E-state index contributed by atoms with van der Waals surface area (Å²) in [4.78, 5) is 7.78. The maximum absolute atomic E-state index is 14.3. The zero-order valence-electron chi connectivity index (χ0n) is 15.4. The molecule has 1 aromatic carbocycles. The molecule has 4 aromatic rings. The summed E-state index contributed by atoms with van der Waals surface area (Å²) in [5.41, 5.74) is 1.17. The van der Waals surface area contributed by atoms with Crippen LogP contribution in [0.25, 0.3) is 17.2 Å². The van der Waals surface area contributed by atoms with Crippen LogP contribution in [0.1, 0.15) is 17.0 Å². The number of nitrogens with zero attached hydrogens (tertiary/aromatic N) is 5. The van der Waals surface area contributed by atoms with Gasteiger partial charge in [0.15, 0.2) is 17.3 Å².